The zero-order chi connectivity index (χ0) is 31.8. The number of benzene rings is 4. The van der Waals surface area contributed by atoms with E-state index < -0.39 is 11.8 Å². The standard InChI is InChI=1S/C33H23Cl3N4O3S2/c34-22-13-14-25(27(36)16-22)29-18-45-33(39-29)40-30(41)19-44-24-11-6-10-23(17-24)37-32(43)28(15-21-9-4-5-12-26(21)35)38-31(42)20-7-2-1-3-8-20/h1-18H,19H2,(H,37,43)(H,38,42)(H,39,40,41)/b28-15+. The Kier molecular flexibility index (Phi) is 10.9. The zero-order valence-electron chi connectivity index (χ0n) is 23.2. The van der Waals surface area contributed by atoms with Gasteiger partial charge >= 0.3 is 0 Å². The number of nitrogens with zero attached hydrogens (tertiary/aromatic N) is 1. The predicted octanol–water partition coefficient (Wildman–Crippen LogP) is 8.91. The molecule has 0 spiro atoms. The van der Waals surface area contributed by atoms with Gasteiger partial charge in [0.15, 0.2) is 5.13 Å². The van der Waals surface area contributed by atoms with Crippen molar-refractivity contribution in [2.24, 2.45) is 0 Å². The molecule has 0 atom stereocenters. The molecule has 12 heteroatoms. The van der Waals surface area contributed by atoms with Crippen molar-refractivity contribution in [2.45, 2.75) is 4.90 Å². The topological polar surface area (TPSA) is 100 Å². The summed E-state index contributed by atoms with van der Waals surface area (Å²) in [5, 5.41) is 12.0. The summed E-state index contributed by atoms with van der Waals surface area (Å²) in [6.07, 6.45) is 1.52. The number of hydrogen-bond donors (Lipinski definition) is 3. The molecule has 0 unspecified atom stereocenters. The normalized spacial score (nSPS) is 11.1. The van der Waals surface area contributed by atoms with Crippen LogP contribution < -0.4 is 16.0 Å². The minimum Gasteiger partial charge on any atom is -0.321 e. The van der Waals surface area contributed by atoms with Crippen molar-refractivity contribution in [3.8, 4) is 11.3 Å². The van der Waals surface area contributed by atoms with Crippen LogP contribution in [-0.4, -0.2) is 28.5 Å². The number of carbonyl (C=O) groups is 3. The first-order valence-corrected chi connectivity index (χ1v) is 16.3. The van der Waals surface area contributed by atoms with Crippen LogP contribution in [0, 0.1) is 0 Å². The molecule has 0 fully saturated rings. The van der Waals surface area contributed by atoms with Gasteiger partial charge in [-0.2, -0.15) is 0 Å². The van der Waals surface area contributed by atoms with Crippen LogP contribution >= 0.6 is 57.9 Å². The maximum Gasteiger partial charge on any atom is 0.272 e. The van der Waals surface area contributed by atoms with Gasteiger partial charge in [-0.15, -0.1) is 23.1 Å². The van der Waals surface area contributed by atoms with Crippen LogP contribution in [0.2, 0.25) is 15.1 Å². The van der Waals surface area contributed by atoms with Gasteiger partial charge in [-0.05, 0) is 66.2 Å². The largest absolute Gasteiger partial charge is 0.321 e. The van der Waals surface area contributed by atoms with E-state index in [1.165, 1.54) is 29.2 Å². The van der Waals surface area contributed by atoms with Crippen LogP contribution in [-0.2, 0) is 9.59 Å². The van der Waals surface area contributed by atoms with Gasteiger partial charge in [-0.1, -0.05) is 77.3 Å². The van der Waals surface area contributed by atoms with E-state index in [2.05, 4.69) is 20.9 Å². The van der Waals surface area contributed by atoms with E-state index in [4.69, 9.17) is 34.8 Å². The van der Waals surface area contributed by atoms with Crippen LogP contribution in [0.25, 0.3) is 17.3 Å². The first-order chi connectivity index (χ1) is 21.7. The van der Waals surface area contributed by atoms with Gasteiger partial charge in [-0.25, -0.2) is 4.98 Å². The van der Waals surface area contributed by atoms with Gasteiger partial charge in [0, 0.05) is 37.1 Å². The summed E-state index contributed by atoms with van der Waals surface area (Å²) in [7, 11) is 0. The van der Waals surface area contributed by atoms with E-state index in [1.807, 2.05) is 6.07 Å². The van der Waals surface area contributed by atoms with Gasteiger partial charge in [0.2, 0.25) is 5.91 Å². The van der Waals surface area contributed by atoms with Gasteiger partial charge in [0.25, 0.3) is 11.8 Å². The zero-order valence-corrected chi connectivity index (χ0v) is 27.1. The van der Waals surface area contributed by atoms with Crippen LogP contribution in [0.5, 0.6) is 0 Å². The molecule has 0 saturated heterocycles. The summed E-state index contributed by atoms with van der Waals surface area (Å²) in [6.45, 7) is 0. The van der Waals surface area contributed by atoms with Crippen LogP contribution in [0.4, 0.5) is 10.8 Å². The average Bonchev–Trinajstić information content (AvgIpc) is 3.49. The third kappa shape index (κ3) is 8.97. The van der Waals surface area contributed by atoms with Crippen molar-refractivity contribution in [1.82, 2.24) is 10.3 Å². The molecule has 7 nitrogen and oxygen atoms in total. The summed E-state index contributed by atoms with van der Waals surface area (Å²) < 4.78 is 0. The highest BCUT2D eigenvalue weighted by molar-refractivity contribution is 8.00. The molecule has 45 heavy (non-hydrogen) atoms. The van der Waals surface area contributed by atoms with Gasteiger partial charge in [0.1, 0.15) is 5.70 Å². The number of rotatable bonds is 10. The second kappa shape index (κ2) is 15.2. The summed E-state index contributed by atoms with van der Waals surface area (Å²) >= 11 is 21.2. The molecule has 0 aliphatic heterocycles. The number of hydrogen-bond acceptors (Lipinski definition) is 6. The molecule has 0 aliphatic carbocycles. The number of thiazole rings is 1. The molecule has 3 amide bonds. The van der Waals surface area contributed by atoms with E-state index in [0.29, 0.717) is 42.7 Å². The summed E-state index contributed by atoms with van der Waals surface area (Å²) in [5.74, 6) is -1.12. The molecule has 5 aromatic rings. The summed E-state index contributed by atoms with van der Waals surface area (Å²) in [4.78, 5) is 44.2. The van der Waals surface area contributed by atoms with Crippen molar-refractivity contribution in [2.75, 3.05) is 16.4 Å². The minimum atomic E-state index is -0.542. The molecule has 1 aromatic heterocycles. The Labute approximate surface area is 282 Å². The van der Waals surface area contributed by atoms with Crippen LogP contribution in [0.15, 0.2) is 113 Å². The van der Waals surface area contributed by atoms with Crippen molar-refractivity contribution in [3.63, 3.8) is 0 Å². The van der Waals surface area contributed by atoms with Crippen molar-refractivity contribution in [1.29, 1.82) is 0 Å². The lowest BCUT2D eigenvalue weighted by atomic mass is 10.1. The molecule has 3 N–H and O–H groups in total. The Morgan fingerprint density at radius 3 is 2.38 bits per heavy atom. The molecule has 0 bridgehead atoms. The second-order valence-electron chi connectivity index (χ2n) is 9.38. The number of amides is 3. The highest BCUT2D eigenvalue weighted by atomic mass is 35.5. The molecular weight excluding hydrogens is 671 g/mol. The molecule has 0 radical (unpaired) electrons. The first kappa shape index (κ1) is 32.3. The van der Waals surface area contributed by atoms with E-state index in [-0.39, 0.29) is 17.4 Å². The van der Waals surface area contributed by atoms with Gasteiger partial charge in [0.05, 0.1) is 16.5 Å². The number of aromatic nitrogens is 1. The Morgan fingerprint density at radius 1 is 0.822 bits per heavy atom. The molecule has 5 rings (SSSR count). The monoisotopic (exact) mass is 692 g/mol. The SMILES string of the molecule is O=C(CSc1cccc(NC(=O)/C(=C\c2ccccc2Cl)NC(=O)c2ccccc2)c1)Nc1nc(-c2ccc(Cl)cc2Cl)cs1. The van der Waals surface area contributed by atoms with Crippen LogP contribution in [0.1, 0.15) is 15.9 Å². The van der Waals surface area contributed by atoms with E-state index >= 15 is 0 Å². The third-order valence-electron chi connectivity index (χ3n) is 6.15. The Morgan fingerprint density at radius 2 is 1.60 bits per heavy atom. The summed E-state index contributed by atoms with van der Waals surface area (Å²) in [6, 6.07) is 27.8. The number of halogens is 3. The molecule has 226 valence electrons. The Bertz CT molecular complexity index is 1900. The predicted molar refractivity (Wildman–Crippen MR) is 185 cm³/mol. The lowest BCUT2D eigenvalue weighted by molar-refractivity contribution is -0.114. The Balaban J connectivity index is 1.23. The van der Waals surface area contributed by atoms with E-state index in [1.54, 1.807) is 96.4 Å². The number of anilines is 2. The highest BCUT2D eigenvalue weighted by Crippen LogP contribution is 2.32. The van der Waals surface area contributed by atoms with E-state index in [9.17, 15) is 14.4 Å². The Hall–Kier alpha value is -4.12. The molecular formula is C33H23Cl3N4O3S2. The van der Waals surface area contributed by atoms with Crippen molar-refractivity contribution in [3.05, 3.63) is 134 Å². The van der Waals surface area contributed by atoms with Gasteiger partial charge in [-0.3, -0.25) is 14.4 Å². The van der Waals surface area contributed by atoms with Crippen molar-refractivity contribution < 1.29 is 14.4 Å². The minimum absolute atomic E-state index is 0.0112. The number of carbonyl (C=O) groups excluding carboxylic acids is 3. The number of thioether (sulfide) groups is 1. The maximum atomic E-state index is 13.4. The quantitative estimate of drug-likeness (QED) is 0.100. The molecule has 1 heterocycles. The lowest BCUT2D eigenvalue weighted by Crippen LogP contribution is -2.30. The second-order valence-corrected chi connectivity index (χ2v) is 12.5. The maximum absolute atomic E-state index is 13.4. The van der Waals surface area contributed by atoms with Gasteiger partial charge < -0.3 is 16.0 Å². The highest BCUT2D eigenvalue weighted by Gasteiger charge is 2.16. The van der Waals surface area contributed by atoms with Crippen LogP contribution in [0.3, 0.4) is 0 Å². The van der Waals surface area contributed by atoms with E-state index in [0.717, 1.165) is 10.5 Å². The fraction of sp³-hybridized carbons (Fsp3) is 0.0303. The lowest BCUT2D eigenvalue weighted by Gasteiger charge is -2.12. The smallest absolute Gasteiger partial charge is 0.272 e. The molecule has 4 aromatic carbocycles. The first-order valence-electron chi connectivity index (χ1n) is 13.3. The third-order valence-corrected chi connectivity index (χ3v) is 8.80. The fourth-order valence-electron chi connectivity index (χ4n) is 4.01. The molecule has 0 saturated carbocycles. The van der Waals surface area contributed by atoms with Crippen molar-refractivity contribution >= 4 is 92.5 Å². The molecule has 0 aliphatic rings. The average molecular weight is 694 g/mol. The fourth-order valence-corrected chi connectivity index (χ4v) is 6.19. The summed E-state index contributed by atoms with van der Waals surface area (Å²) in [5.41, 5.74) is 2.81. The number of nitrogens with one attached hydrogen (secondary N) is 3.